The number of amides is 2. The maximum Gasteiger partial charge on any atom is 0.321 e. The van der Waals surface area contributed by atoms with Crippen LogP contribution in [0.25, 0.3) is 0 Å². The molecule has 2 aliphatic rings. The van der Waals surface area contributed by atoms with Gasteiger partial charge in [0.05, 0.1) is 13.2 Å². The van der Waals surface area contributed by atoms with Crippen molar-refractivity contribution in [1.82, 2.24) is 9.80 Å². The second-order valence-electron chi connectivity index (χ2n) is 7.39. The first-order valence-corrected chi connectivity index (χ1v) is 9.74. The highest BCUT2D eigenvalue weighted by molar-refractivity contribution is 5.89. The van der Waals surface area contributed by atoms with Crippen LogP contribution >= 0.6 is 0 Å². The minimum atomic E-state index is -0.751. The summed E-state index contributed by atoms with van der Waals surface area (Å²) in [7, 11) is 0. The van der Waals surface area contributed by atoms with Crippen LogP contribution in [0.3, 0.4) is 0 Å². The summed E-state index contributed by atoms with van der Waals surface area (Å²) >= 11 is 0. The number of aliphatic carboxylic acids is 1. The van der Waals surface area contributed by atoms with Gasteiger partial charge in [-0.15, -0.1) is 0 Å². The van der Waals surface area contributed by atoms with Crippen LogP contribution in [0.5, 0.6) is 0 Å². The van der Waals surface area contributed by atoms with E-state index < -0.39 is 5.97 Å². The van der Waals surface area contributed by atoms with E-state index in [1.54, 1.807) is 0 Å². The van der Waals surface area contributed by atoms with E-state index in [1.807, 2.05) is 35.2 Å². The molecular formula is C20H29N3O4. The number of benzene rings is 1. The van der Waals surface area contributed by atoms with E-state index in [0.29, 0.717) is 13.1 Å². The molecule has 0 spiro atoms. The average molecular weight is 375 g/mol. The van der Waals surface area contributed by atoms with E-state index in [9.17, 15) is 14.7 Å². The number of carbonyl (C=O) groups is 2. The van der Waals surface area contributed by atoms with Gasteiger partial charge in [-0.3, -0.25) is 9.69 Å². The zero-order valence-electron chi connectivity index (χ0n) is 15.7. The zero-order chi connectivity index (χ0) is 19.1. The van der Waals surface area contributed by atoms with Gasteiger partial charge in [0.2, 0.25) is 0 Å². The Labute approximate surface area is 160 Å². The molecule has 27 heavy (non-hydrogen) atoms. The van der Waals surface area contributed by atoms with Gasteiger partial charge in [0.15, 0.2) is 0 Å². The molecule has 1 aromatic rings. The predicted molar refractivity (Wildman–Crippen MR) is 103 cm³/mol. The third-order valence-corrected chi connectivity index (χ3v) is 5.56. The Hall–Kier alpha value is -2.12. The number of ether oxygens (including phenoxy) is 1. The molecule has 2 unspecified atom stereocenters. The highest BCUT2D eigenvalue weighted by Crippen LogP contribution is 2.30. The summed E-state index contributed by atoms with van der Waals surface area (Å²) in [4.78, 5) is 28.1. The van der Waals surface area contributed by atoms with Gasteiger partial charge in [-0.25, -0.2) is 4.79 Å². The SMILES string of the molecule is O=C(O)CC1CCN(C(=O)Nc2ccccc2)CC1CCN1CCOCC1. The monoisotopic (exact) mass is 375 g/mol. The number of urea groups is 1. The number of nitrogens with one attached hydrogen (secondary N) is 1. The second kappa shape index (κ2) is 9.71. The fourth-order valence-corrected chi connectivity index (χ4v) is 3.98. The lowest BCUT2D eigenvalue weighted by atomic mass is 9.81. The Kier molecular flexibility index (Phi) is 7.06. The Morgan fingerprint density at radius 2 is 1.85 bits per heavy atom. The summed E-state index contributed by atoms with van der Waals surface area (Å²) in [5.74, 6) is -0.415. The smallest absolute Gasteiger partial charge is 0.321 e. The van der Waals surface area contributed by atoms with E-state index in [2.05, 4.69) is 10.2 Å². The number of anilines is 1. The van der Waals surface area contributed by atoms with Crippen LogP contribution in [0, 0.1) is 11.8 Å². The average Bonchev–Trinajstić information content (AvgIpc) is 2.68. The lowest BCUT2D eigenvalue weighted by molar-refractivity contribution is -0.139. The van der Waals surface area contributed by atoms with Crippen molar-refractivity contribution < 1.29 is 19.4 Å². The maximum atomic E-state index is 12.6. The highest BCUT2D eigenvalue weighted by Gasteiger charge is 2.33. The Balaban J connectivity index is 1.57. The van der Waals surface area contributed by atoms with Crippen LogP contribution in [0.4, 0.5) is 10.5 Å². The molecule has 148 valence electrons. The van der Waals surface area contributed by atoms with Crippen LogP contribution in [-0.4, -0.2) is 72.8 Å². The fourth-order valence-electron chi connectivity index (χ4n) is 3.98. The molecule has 0 bridgehead atoms. The minimum Gasteiger partial charge on any atom is -0.481 e. The number of hydrogen-bond acceptors (Lipinski definition) is 4. The molecule has 0 aromatic heterocycles. The molecule has 2 heterocycles. The van der Waals surface area contributed by atoms with Crippen molar-refractivity contribution in [2.45, 2.75) is 19.3 Å². The van der Waals surface area contributed by atoms with Gasteiger partial charge in [-0.05, 0) is 43.4 Å². The van der Waals surface area contributed by atoms with Gasteiger partial charge in [-0.2, -0.15) is 0 Å². The van der Waals surface area contributed by atoms with E-state index >= 15 is 0 Å². The van der Waals surface area contributed by atoms with E-state index in [4.69, 9.17) is 4.74 Å². The summed E-state index contributed by atoms with van der Waals surface area (Å²) in [5, 5.41) is 12.2. The second-order valence-corrected chi connectivity index (χ2v) is 7.39. The number of likely N-dealkylation sites (tertiary alicyclic amines) is 1. The molecule has 2 saturated heterocycles. The molecule has 7 nitrogen and oxygen atoms in total. The molecule has 1 aromatic carbocycles. The molecule has 3 rings (SSSR count). The first kappa shape index (κ1) is 19.6. The number of piperidine rings is 1. The van der Waals surface area contributed by atoms with Gasteiger partial charge in [0.1, 0.15) is 0 Å². The van der Waals surface area contributed by atoms with Crippen molar-refractivity contribution in [2.75, 3.05) is 51.3 Å². The summed E-state index contributed by atoms with van der Waals surface area (Å²) in [6.45, 7) is 5.51. The lowest BCUT2D eigenvalue weighted by Gasteiger charge is -2.39. The van der Waals surface area contributed by atoms with E-state index in [-0.39, 0.29) is 24.3 Å². The highest BCUT2D eigenvalue weighted by atomic mass is 16.5. The fraction of sp³-hybridized carbons (Fsp3) is 0.600. The molecule has 2 amide bonds. The minimum absolute atomic E-state index is 0.105. The van der Waals surface area contributed by atoms with Crippen molar-refractivity contribution >= 4 is 17.7 Å². The Morgan fingerprint density at radius 3 is 2.56 bits per heavy atom. The Bertz CT molecular complexity index is 619. The molecule has 0 aliphatic carbocycles. The van der Waals surface area contributed by atoms with Gasteiger partial charge in [0.25, 0.3) is 0 Å². The molecule has 2 fully saturated rings. The number of carboxylic acid groups (broad SMARTS) is 1. The summed E-state index contributed by atoms with van der Waals surface area (Å²) in [6, 6.07) is 9.32. The van der Waals surface area contributed by atoms with Gasteiger partial charge < -0.3 is 20.1 Å². The number of carbonyl (C=O) groups excluding carboxylic acids is 1. The van der Waals surface area contributed by atoms with Crippen molar-refractivity contribution in [1.29, 1.82) is 0 Å². The summed E-state index contributed by atoms with van der Waals surface area (Å²) in [5.41, 5.74) is 0.778. The van der Waals surface area contributed by atoms with E-state index in [0.717, 1.165) is 51.4 Å². The topological polar surface area (TPSA) is 82.1 Å². The third-order valence-electron chi connectivity index (χ3n) is 5.56. The maximum absolute atomic E-state index is 12.6. The van der Waals surface area contributed by atoms with Gasteiger partial charge in [-0.1, -0.05) is 18.2 Å². The largest absolute Gasteiger partial charge is 0.481 e. The number of para-hydroxylation sites is 1. The molecule has 7 heteroatoms. The van der Waals surface area contributed by atoms with Crippen molar-refractivity contribution in [3.63, 3.8) is 0 Å². The molecule has 2 aliphatic heterocycles. The number of hydrogen-bond donors (Lipinski definition) is 2. The molecule has 0 saturated carbocycles. The summed E-state index contributed by atoms with van der Waals surface area (Å²) < 4.78 is 5.39. The first-order valence-electron chi connectivity index (χ1n) is 9.74. The molecule has 2 atom stereocenters. The van der Waals surface area contributed by atoms with Gasteiger partial charge >= 0.3 is 12.0 Å². The Morgan fingerprint density at radius 1 is 1.11 bits per heavy atom. The van der Waals surface area contributed by atoms with Crippen LogP contribution in [0.1, 0.15) is 19.3 Å². The van der Waals surface area contributed by atoms with Crippen molar-refractivity contribution in [2.24, 2.45) is 11.8 Å². The molecule has 2 N–H and O–H groups in total. The van der Waals surface area contributed by atoms with Crippen LogP contribution in [0.15, 0.2) is 30.3 Å². The number of rotatable bonds is 6. The van der Waals surface area contributed by atoms with Crippen LogP contribution in [0.2, 0.25) is 0 Å². The lowest BCUT2D eigenvalue weighted by Crippen LogP contribution is -2.47. The first-order chi connectivity index (χ1) is 13.1. The molecule has 0 radical (unpaired) electrons. The quantitative estimate of drug-likeness (QED) is 0.798. The van der Waals surface area contributed by atoms with Crippen molar-refractivity contribution in [3.05, 3.63) is 30.3 Å². The van der Waals surface area contributed by atoms with Crippen LogP contribution in [-0.2, 0) is 9.53 Å². The van der Waals surface area contributed by atoms with E-state index in [1.165, 1.54) is 0 Å². The normalized spacial score (nSPS) is 23.8. The van der Waals surface area contributed by atoms with Crippen LogP contribution < -0.4 is 5.32 Å². The molecular weight excluding hydrogens is 346 g/mol. The standard InChI is InChI=1S/C20H29N3O4/c24-19(25)14-16-7-9-23(20(26)21-18-4-2-1-3-5-18)15-17(16)6-8-22-10-12-27-13-11-22/h1-5,16-17H,6-15H2,(H,21,26)(H,24,25). The zero-order valence-corrected chi connectivity index (χ0v) is 15.7. The number of nitrogens with zero attached hydrogens (tertiary/aromatic N) is 2. The summed E-state index contributed by atoms with van der Waals surface area (Å²) in [6.07, 6.45) is 1.83. The number of carboxylic acids is 1. The van der Waals surface area contributed by atoms with Crippen molar-refractivity contribution in [3.8, 4) is 0 Å². The predicted octanol–water partition coefficient (Wildman–Crippen LogP) is 2.35. The number of morpholine rings is 1. The van der Waals surface area contributed by atoms with Gasteiger partial charge in [0, 0.05) is 38.3 Å². The third kappa shape index (κ3) is 5.94.